The fraction of sp³-hybridized carbons (Fsp3) is 0.464. The summed E-state index contributed by atoms with van der Waals surface area (Å²) in [6.45, 7) is 10.7. The number of ether oxygens (including phenoxy) is 1. The molecule has 2 saturated heterocycles. The van der Waals surface area contributed by atoms with Crippen molar-refractivity contribution in [2.45, 2.75) is 32.9 Å². The molecule has 3 aliphatic rings. The second-order valence-electron chi connectivity index (χ2n) is 11.1. The standard InChI is InChI=1S/C28H32F2N6O/c1-18(2)36-6-7-37-27-22(29)8-20(9-24(27)36)26-23(30)12-32-25(33-26)10-21-5-4-19(11-31-21)13-35-16-28(17-35)14-34(3)15-28/h4-5,8-9,11-12,18H,6-7,10,13-17H2,1-3H3. The minimum Gasteiger partial charge on any atom is -0.486 e. The highest BCUT2D eigenvalue weighted by Gasteiger charge is 2.49. The van der Waals surface area contributed by atoms with E-state index in [1.165, 1.54) is 24.7 Å². The third-order valence-electron chi connectivity index (χ3n) is 7.56. The number of rotatable bonds is 6. The van der Waals surface area contributed by atoms with Crippen LogP contribution in [0.3, 0.4) is 0 Å². The van der Waals surface area contributed by atoms with Crippen molar-refractivity contribution in [3.63, 3.8) is 0 Å². The topological polar surface area (TPSA) is 57.6 Å². The van der Waals surface area contributed by atoms with Crippen LogP contribution in [0.15, 0.2) is 36.7 Å². The first-order chi connectivity index (χ1) is 17.8. The van der Waals surface area contributed by atoms with Gasteiger partial charge in [0.25, 0.3) is 0 Å². The molecule has 37 heavy (non-hydrogen) atoms. The summed E-state index contributed by atoms with van der Waals surface area (Å²) in [4.78, 5) is 20.1. The van der Waals surface area contributed by atoms with E-state index < -0.39 is 11.6 Å². The molecule has 2 aromatic heterocycles. The van der Waals surface area contributed by atoms with Crippen LogP contribution in [0.1, 0.15) is 30.9 Å². The Bertz CT molecular complexity index is 1300. The van der Waals surface area contributed by atoms with Gasteiger partial charge in [-0.05, 0) is 44.7 Å². The van der Waals surface area contributed by atoms with Crippen LogP contribution in [0.25, 0.3) is 11.3 Å². The molecule has 0 saturated carbocycles. The Balaban J connectivity index is 1.17. The van der Waals surface area contributed by atoms with Crippen molar-refractivity contribution in [2.24, 2.45) is 5.41 Å². The second kappa shape index (κ2) is 9.29. The number of likely N-dealkylation sites (tertiary alicyclic amines) is 2. The zero-order chi connectivity index (χ0) is 25.7. The first-order valence-corrected chi connectivity index (χ1v) is 12.9. The van der Waals surface area contributed by atoms with Crippen molar-refractivity contribution >= 4 is 5.69 Å². The van der Waals surface area contributed by atoms with E-state index in [1.807, 2.05) is 26.1 Å². The molecular formula is C28H32F2N6O. The predicted octanol–water partition coefficient (Wildman–Crippen LogP) is 3.76. The fourth-order valence-electron chi connectivity index (χ4n) is 6.05. The summed E-state index contributed by atoms with van der Waals surface area (Å²) in [7, 11) is 2.17. The molecule has 1 aromatic carbocycles. The summed E-state index contributed by atoms with van der Waals surface area (Å²) < 4.78 is 35.3. The molecule has 9 heteroatoms. The van der Waals surface area contributed by atoms with Crippen molar-refractivity contribution in [1.29, 1.82) is 0 Å². The van der Waals surface area contributed by atoms with E-state index in [1.54, 1.807) is 6.07 Å². The second-order valence-corrected chi connectivity index (χ2v) is 11.1. The van der Waals surface area contributed by atoms with E-state index in [9.17, 15) is 8.78 Å². The third kappa shape index (κ3) is 4.66. The molecule has 0 amide bonds. The van der Waals surface area contributed by atoms with Gasteiger partial charge in [0.05, 0.1) is 24.8 Å². The van der Waals surface area contributed by atoms with E-state index in [2.05, 4.69) is 42.8 Å². The van der Waals surface area contributed by atoms with E-state index in [0.717, 1.165) is 31.5 Å². The maximum absolute atomic E-state index is 14.9. The number of fused-ring (bicyclic) bond motifs is 1. The number of halogens is 2. The molecule has 1 spiro atoms. The SMILES string of the molecule is CC(C)N1CCOc2c(F)cc(-c3nc(Cc4ccc(CN5CC6(CN(C)C6)C5)cn4)ncc3F)cc21. The Morgan fingerprint density at radius 1 is 1.03 bits per heavy atom. The van der Waals surface area contributed by atoms with Crippen LogP contribution < -0.4 is 9.64 Å². The molecule has 0 unspecified atom stereocenters. The summed E-state index contributed by atoms with van der Waals surface area (Å²) in [5.41, 5.74) is 3.55. The fourth-order valence-corrected chi connectivity index (χ4v) is 6.05. The summed E-state index contributed by atoms with van der Waals surface area (Å²) >= 11 is 0. The lowest BCUT2D eigenvalue weighted by molar-refractivity contribution is -0.108. The van der Waals surface area contributed by atoms with Crippen LogP contribution in [0.4, 0.5) is 14.5 Å². The first-order valence-electron chi connectivity index (χ1n) is 12.9. The molecule has 0 radical (unpaired) electrons. The molecule has 6 rings (SSSR count). The quantitative estimate of drug-likeness (QED) is 0.505. The first kappa shape index (κ1) is 24.2. The Kier molecular flexibility index (Phi) is 6.07. The molecule has 7 nitrogen and oxygen atoms in total. The average Bonchev–Trinajstić information content (AvgIpc) is 2.83. The third-order valence-corrected chi connectivity index (χ3v) is 7.56. The highest BCUT2D eigenvalue weighted by Crippen LogP contribution is 2.40. The minimum absolute atomic E-state index is 0.0750. The van der Waals surface area contributed by atoms with Gasteiger partial charge in [0.15, 0.2) is 17.4 Å². The zero-order valence-electron chi connectivity index (χ0n) is 21.5. The number of anilines is 1. The molecule has 0 atom stereocenters. The van der Waals surface area contributed by atoms with Gasteiger partial charge >= 0.3 is 0 Å². The smallest absolute Gasteiger partial charge is 0.178 e. The minimum atomic E-state index is -0.593. The number of hydrogen-bond acceptors (Lipinski definition) is 7. The van der Waals surface area contributed by atoms with Crippen LogP contribution in [0, 0.1) is 17.0 Å². The number of hydrogen-bond donors (Lipinski definition) is 0. The zero-order valence-corrected chi connectivity index (χ0v) is 21.5. The molecule has 0 bridgehead atoms. The van der Waals surface area contributed by atoms with Crippen molar-refractivity contribution in [3.8, 4) is 17.0 Å². The van der Waals surface area contributed by atoms with Crippen molar-refractivity contribution in [1.82, 2.24) is 24.8 Å². The van der Waals surface area contributed by atoms with Crippen molar-refractivity contribution in [3.05, 3.63) is 65.4 Å². The summed E-state index contributed by atoms with van der Waals surface area (Å²) in [6.07, 6.45) is 3.41. The van der Waals surface area contributed by atoms with Gasteiger partial charge in [0.2, 0.25) is 0 Å². The van der Waals surface area contributed by atoms with Gasteiger partial charge in [-0.1, -0.05) is 6.07 Å². The maximum Gasteiger partial charge on any atom is 0.178 e. The van der Waals surface area contributed by atoms with Gasteiger partial charge in [-0.3, -0.25) is 9.88 Å². The summed E-state index contributed by atoms with van der Waals surface area (Å²) in [5.74, 6) is -0.474. The molecule has 3 aliphatic heterocycles. The number of benzene rings is 1. The Hall–Kier alpha value is -3.17. The van der Waals surface area contributed by atoms with Crippen LogP contribution in [-0.4, -0.2) is 77.2 Å². The highest BCUT2D eigenvalue weighted by molar-refractivity contribution is 5.72. The maximum atomic E-state index is 14.9. The van der Waals surface area contributed by atoms with Gasteiger partial charge in [-0.2, -0.15) is 0 Å². The Morgan fingerprint density at radius 3 is 2.54 bits per heavy atom. The van der Waals surface area contributed by atoms with Gasteiger partial charge in [-0.15, -0.1) is 0 Å². The van der Waals surface area contributed by atoms with E-state index in [0.29, 0.717) is 42.1 Å². The van der Waals surface area contributed by atoms with E-state index >= 15 is 0 Å². The van der Waals surface area contributed by atoms with Crippen molar-refractivity contribution < 1.29 is 13.5 Å². The van der Waals surface area contributed by atoms with Gasteiger partial charge in [-0.25, -0.2) is 18.7 Å². The van der Waals surface area contributed by atoms with Crippen LogP contribution in [-0.2, 0) is 13.0 Å². The van der Waals surface area contributed by atoms with E-state index in [4.69, 9.17) is 4.74 Å². The van der Waals surface area contributed by atoms with Crippen LogP contribution in [0.2, 0.25) is 0 Å². The molecule has 5 heterocycles. The van der Waals surface area contributed by atoms with Crippen molar-refractivity contribution in [2.75, 3.05) is 51.3 Å². The van der Waals surface area contributed by atoms with Crippen LogP contribution >= 0.6 is 0 Å². The largest absolute Gasteiger partial charge is 0.486 e. The molecule has 194 valence electrons. The summed E-state index contributed by atoms with van der Waals surface area (Å²) in [6, 6.07) is 7.25. The number of pyridine rings is 1. The normalized spacial score (nSPS) is 18.9. The lowest BCUT2D eigenvalue weighted by atomic mass is 9.73. The van der Waals surface area contributed by atoms with E-state index in [-0.39, 0.29) is 17.5 Å². The molecule has 0 aliphatic carbocycles. The predicted molar refractivity (Wildman–Crippen MR) is 138 cm³/mol. The lowest BCUT2D eigenvalue weighted by Gasteiger charge is -2.59. The Labute approximate surface area is 216 Å². The van der Waals surface area contributed by atoms with Gasteiger partial charge in [0.1, 0.15) is 18.1 Å². The molecule has 3 aromatic rings. The molecule has 2 fully saturated rings. The monoisotopic (exact) mass is 506 g/mol. The lowest BCUT2D eigenvalue weighted by Crippen LogP contribution is -2.70. The van der Waals surface area contributed by atoms with Crippen LogP contribution in [0.5, 0.6) is 5.75 Å². The van der Waals surface area contributed by atoms with Gasteiger partial charge < -0.3 is 14.5 Å². The average molecular weight is 507 g/mol. The summed E-state index contributed by atoms with van der Waals surface area (Å²) in [5, 5.41) is 0. The Morgan fingerprint density at radius 2 is 1.84 bits per heavy atom. The number of nitrogens with zero attached hydrogens (tertiary/aromatic N) is 6. The van der Waals surface area contributed by atoms with Gasteiger partial charge in [0, 0.05) is 61.6 Å². The number of aromatic nitrogens is 3. The molecular weight excluding hydrogens is 474 g/mol. The highest BCUT2D eigenvalue weighted by atomic mass is 19.1. The molecule has 0 N–H and O–H groups in total.